The van der Waals surface area contributed by atoms with Gasteiger partial charge in [-0.15, -0.1) is 0 Å². The molecule has 32 heavy (non-hydrogen) atoms. The number of benzene rings is 2. The lowest BCUT2D eigenvalue weighted by Gasteiger charge is -2.29. The molecule has 2 aromatic rings. The van der Waals surface area contributed by atoms with Gasteiger partial charge < -0.3 is 15.0 Å². The Balaban J connectivity index is 2.13. The van der Waals surface area contributed by atoms with E-state index in [1.54, 1.807) is 19.1 Å². The Morgan fingerprint density at radius 1 is 1.03 bits per heavy atom. The zero-order valence-corrected chi connectivity index (χ0v) is 19.9. The topological polar surface area (TPSA) is 58.6 Å². The lowest BCUT2D eigenvalue weighted by atomic mass is 9.87. The van der Waals surface area contributed by atoms with Crippen LogP contribution in [-0.2, 0) is 21.5 Å². The van der Waals surface area contributed by atoms with Gasteiger partial charge in [0.25, 0.3) is 5.91 Å². The zero-order chi connectivity index (χ0) is 23.9. The van der Waals surface area contributed by atoms with Crippen LogP contribution in [0.5, 0.6) is 5.75 Å². The maximum atomic E-state index is 13.3. The van der Waals surface area contributed by atoms with Gasteiger partial charge in [-0.3, -0.25) is 9.59 Å². The molecule has 0 aliphatic rings. The number of hydrogen-bond acceptors (Lipinski definition) is 3. The van der Waals surface area contributed by atoms with Crippen LogP contribution in [0.15, 0.2) is 48.5 Å². The van der Waals surface area contributed by atoms with Gasteiger partial charge in [0, 0.05) is 12.6 Å². The molecule has 0 heterocycles. The van der Waals surface area contributed by atoms with E-state index in [1.165, 1.54) is 22.6 Å². The largest absolute Gasteiger partial charge is 0.484 e. The third-order valence-corrected chi connectivity index (χ3v) is 5.52. The molecule has 0 saturated carbocycles. The maximum absolute atomic E-state index is 13.3. The highest BCUT2D eigenvalue weighted by Crippen LogP contribution is 2.24. The Labute approximate surface area is 191 Å². The van der Waals surface area contributed by atoms with Crippen LogP contribution in [0.2, 0.25) is 0 Å². The van der Waals surface area contributed by atoms with Crippen LogP contribution in [0.25, 0.3) is 0 Å². The molecule has 1 N–H and O–H groups in total. The highest BCUT2D eigenvalue weighted by atomic mass is 19.1. The average molecular weight is 443 g/mol. The summed E-state index contributed by atoms with van der Waals surface area (Å²) in [6.07, 6.45) is 0.790. The van der Waals surface area contributed by atoms with Crippen LogP contribution in [0.4, 0.5) is 4.39 Å². The van der Waals surface area contributed by atoms with Gasteiger partial charge in [-0.2, -0.15) is 0 Å². The smallest absolute Gasteiger partial charge is 0.261 e. The van der Waals surface area contributed by atoms with Crippen molar-refractivity contribution in [1.82, 2.24) is 10.2 Å². The molecule has 0 fully saturated rings. The molecule has 174 valence electrons. The number of nitrogens with zero attached hydrogens (tertiary/aromatic N) is 1. The maximum Gasteiger partial charge on any atom is 0.261 e. The summed E-state index contributed by atoms with van der Waals surface area (Å²) in [5.41, 5.74) is 1.93. The molecule has 0 aliphatic heterocycles. The quantitative estimate of drug-likeness (QED) is 0.605. The number of nitrogens with one attached hydrogen (secondary N) is 1. The van der Waals surface area contributed by atoms with Gasteiger partial charge in [-0.1, -0.05) is 52.0 Å². The molecule has 2 amide bonds. The summed E-state index contributed by atoms with van der Waals surface area (Å²) in [5.74, 6) is -0.314. The van der Waals surface area contributed by atoms with Crippen LogP contribution < -0.4 is 10.1 Å². The normalized spacial score (nSPS) is 13.2. The molecule has 0 aliphatic carbocycles. The predicted octanol–water partition coefficient (Wildman–Crippen LogP) is 4.83. The molecule has 2 rings (SSSR count). The van der Waals surface area contributed by atoms with Gasteiger partial charge in [0.15, 0.2) is 6.61 Å². The molecule has 2 unspecified atom stereocenters. The fourth-order valence-corrected chi connectivity index (χ4v) is 3.11. The minimum Gasteiger partial charge on any atom is -0.484 e. The molecule has 0 aromatic heterocycles. The Bertz CT molecular complexity index is 889. The average Bonchev–Trinajstić information content (AvgIpc) is 2.76. The Morgan fingerprint density at radius 2 is 1.62 bits per heavy atom. The monoisotopic (exact) mass is 442 g/mol. The molecule has 5 nitrogen and oxygen atoms in total. The number of halogens is 1. The molecular formula is C26H35FN2O3. The van der Waals surface area contributed by atoms with Crippen LogP contribution in [-0.4, -0.2) is 35.4 Å². The minimum atomic E-state index is -0.701. The molecule has 2 atom stereocenters. The summed E-state index contributed by atoms with van der Waals surface area (Å²) in [6, 6.07) is 12.9. The second-order valence-electron chi connectivity index (χ2n) is 9.21. The molecular weight excluding hydrogens is 407 g/mol. The third kappa shape index (κ3) is 7.36. The van der Waals surface area contributed by atoms with Crippen molar-refractivity contribution >= 4 is 11.8 Å². The number of carbonyl (C=O) groups is 2. The van der Waals surface area contributed by atoms with Gasteiger partial charge in [-0.25, -0.2) is 4.39 Å². The summed E-state index contributed by atoms with van der Waals surface area (Å²) < 4.78 is 19.0. The van der Waals surface area contributed by atoms with Crippen molar-refractivity contribution in [3.8, 4) is 5.75 Å². The van der Waals surface area contributed by atoms with Crippen molar-refractivity contribution in [2.45, 2.75) is 72.0 Å². The van der Waals surface area contributed by atoms with E-state index in [2.05, 4.69) is 26.1 Å². The minimum absolute atomic E-state index is 0.00491. The first kappa shape index (κ1) is 25.4. The van der Waals surface area contributed by atoms with Gasteiger partial charge in [0.1, 0.15) is 17.6 Å². The molecule has 2 aromatic carbocycles. The number of amides is 2. The van der Waals surface area contributed by atoms with E-state index in [1.807, 2.05) is 38.1 Å². The van der Waals surface area contributed by atoms with E-state index in [4.69, 9.17) is 4.74 Å². The van der Waals surface area contributed by atoms with Gasteiger partial charge in [0.05, 0.1) is 0 Å². The Kier molecular flexibility index (Phi) is 8.81. The molecule has 0 saturated heterocycles. The van der Waals surface area contributed by atoms with E-state index >= 15 is 0 Å². The van der Waals surface area contributed by atoms with Crippen molar-refractivity contribution in [2.75, 3.05) is 6.61 Å². The summed E-state index contributed by atoms with van der Waals surface area (Å²) in [6.45, 7) is 12.0. The van der Waals surface area contributed by atoms with Gasteiger partial charge >= 0.3 is 0 Å². The highest BCUT2D eigenvalue weighted by molar-refractivity contribution is 5.88. The van der Waals surface area contributed by atoms with Crippen LogP contribution in [0, 0.1) is 5.82 Å². The molecule has 6 heteroatoms. The van der Waals surface area contributed by atoms with Crippen LogP contribution >= 0.6 is 0 Å². The predicted molar refractivity (Wildman–Crippen MR) is 125 cm³/mol. The zero-order valence-electron chi connectivity index (χ0n) is 19.9. The first-order valence-corrected chi connectivity index (χ1v) is 11.1. The standard InChI is InChI=1S/C26H35FN2O3/c1-7-18(2)28-25(31)19(3)29(16-20-8-12-22(27)13-9-20)24(30)17-32-23-14-10-21(11-15-23)26(4,5)6/h8-15,18-19H,7,16-17H2,1-6H3,(H,28,31). The molecule has 0 spiro atoms. The van der Waals surface area contributed by atoms with Gasteiger partial charge in [0.2, 0.25) is 5.91 Å². The van der Waals surface area contributed by atoms with Crippen molar-refractivity contribution < 1.29 is 18.7 Å². The van der Waals surface area contributed by atoms with Crippen LogP contribution in [0.1, 0.15) is 59.1 Å². The van der Waals surface area contributed by atoms with E-state index in [-0.39, 0.29) is 42.2 Å². The van der Waals surface area contributed by atoms with Crippen LogP contribution in [0.3, 0.4) is 0 Å². The highest BCUT2D eigenvalue weighted by Gasteiger charge is 2.27. The first-order chi connectivity index (χ1) is 15.0. The van der Waals surface area contributed by atoms with Crippen molar-refractivity contribution in [3.05, 3.63) is 65.5 Å². The fourth-order valence-electron chi connectivity index (χ4n) is 3.11. The lowest BCUT2D eigenvalue weighted by molar-refractivity contribution is -0.142. The summed E-state index contributed by atoms with van der Waals surface area (Å²) in [4.78, 5) is 27.2. The number of rotatable bonds is 9. The number of carbonyl (C=O) groups excluding carboxylic acids is 2. The lowest BCUT2D eigenvalue weighted by Crippen LogP contribution is -2.50. The van der Waals surface area contributed by atoms with E-state index in [0.717, 1.165) is 12.0 Å². The Morgan fingerprint density at radius 3 is 2.16 bits per heavy atom. The van der Waals surface area contributed by atoms with E-state index < -0.39 is 6.04 Å². The van der Waals surface area contributed by atoms with Crippen molar-refractivity contribution in [1.29, 1.82) is 0 Å². The second-order valence-corrected chi connectivity index (χ2v) is 9.21. The first-order valence-electron chi connectivity index (χ1n) is 11.1. The number of ether oxygens (including phenoxy) is 1. The van der Waals surface area contributed by atoms with E-state index in [9.17, 15) is 14.0 Å². The number of hydrogen-bond donors (Lipinski definition) is 1. The van der Waals surface area contributed by atoms with Crippen molar-refractivity contribution in [2.24, 2.45) is 0 Å². The summed E-state index contributed by atoms with van der Waals surface area (Å²) in [5, 5.41) is 2.92. The third-order valence-electron chi connectivity index (χ3n) is 5.52. The fraction of sp³-hybridized carbons (Fsp3) is 0.462. The molecule has 0 radical (unpaired) electrons. The second kappa shape index (κ2) is 11.1. The molecule has 0 bridgehead atoms. The van der Waals surface area contributed by atoms with E-state index in [0.29, 0.717) is 5.75 Å². The summed E-state index contributed by atoms with van der Waals surface area (Å²) in [7, 11) is 0. The Hall–Kier alpha value is -2.89. The van der Waals surface area contributed by atoms with Gasteiger partial charge in [-0.05, 0) is 61.1 Å². The van der Waals surface area contributed by atoms with Crippen molar-refractivity contribution in [3.63, 3.8) is 0 Å². The summed E-state index contributed by atoms with van der Waals surface area (Å²) >= 11 is 0. The SMILES string of the molecule is CCC(C)NC(=O)C(C)N(Cc1ccc(F)cc1)C(=O)COc1ccc(C(C)(C)C)cc1.